The summed E-state index contributed by atoms with van der Waals surface area (Å²) in [6.45, 7) is 0. The Balaban J connectivity index is 3.23. The van der Waals surface area contributed by atoms with Crippen LogP contribution in [0.3, 0.4) is 0 Å². The maximum atomic E-state index is 12.4. The van der Waals surface area contributed by atoms with E-state index < -0.39 is 27.7 Å². The Morgan fingerprint density at radius 1 is 1.55 bits per heavy atom. The number of pyridine rings is 1. The molecule has 1 heterocycles. The highest BCUT2D eigenvalue weighted by Gasteiger charge is 2.03. The van der Waals surface area contributed by atoms with E-state index in [1.54, 1.807) is 0 Å². The van der Waals surface area contributed by atoms with Gasteiger partial charge in [-0.05, 0) is 11.1 Å². The molecule has 0 fully saturated rings. The summed E-state index contributed by atoms with van der Waals surface area (Å²) in [6, 6.07) is 0.512. The van der Waals surface area contributed by atoms with Crippen LogP contribution in [0.2, 0.25) is 0 Å². The second-order valence-electron chi connectivity index (χ2n) is 1.67. The van der Waals surface area contributed by atoms with Crippen LogP contribution in [0.15, 0.2) is 17.2 Å². The summed E-state index contributed by atoms with van der Waals surface area (Å²) in [4.78, 5) is 2.20. The normalized spacial score (nSPS) is 13.0. The van der Waals surface area contributed by atoms with E-state index >= 15 is 0 Å². The third-order valence-electron chi connectivity index (χ3n) is 0.966. The van der Waals surface area contributed by atoms with Gasteiger partial charge < -0.3 is 4.55 Å². The summed E-state index contributed by atoms with van der Waals surface area (Å²) in [6.07, 6.45) is 0.514. The number of halogens is 2. The zero-order valence-corrected chi connectivity index (χ0v) is 5.90. The molecule has 1 rings (SSSR count). The fourth-order valence-corrected chi connectivity index (χ4v) is 0.929. The second kappa shape index (κ2) is 3.02. The van der Waals surface area contributed by atoms with Gasteiger partial charge in [0.25, 0.3) is 0 Å². The van der Waals surface area contributed by atoms with Gasteiger partial charge in [-0.25, -0.2) is 9.37 Å². The van der Waals surface area contributed by atoms with E-state index in [9.17, 15) is 17.5 Å². The molecule has 0 bridgehead atoms. The van der Waals surface area contributed by atoms with E-state index in [0.29, 0.717) is 12.3 Å². The molecular formula is C5H2F2NO2S-. The van der Waals surface area contributed by atoms with Gasteiger partial charge in [-0.15, -0.1) is 0 Å². The van der Waals surface area contributed by atoms with Crippen molar-refractivity contribution < 1.29 is 17.5 Å². The Morgan fingerprint density at radius 2 is 2.18 bits per heavy atom. The maximum Gasteiger partial charge on any atom is 0.214 e. The van der Waals surface area contributed by atoms with Gasteiger partial charge in [0.1, 0.15) is 0 Å². The van der Waals surface area contributed by atoms with Crippen molar-refractivity contribution in [1.82, 2.24) is 4.98 Å². The lowest BCUT2D eigenvalue weighted by molar-refractivity contribution is 0.508. The molecule has 0 saturated heterocycles. The van der Waals surface area contributed by atoms with Crippen molar-refractivity contribution in [3.8, 4) is 0 Å². The first-order valence-electron chi connectivity index (χ1n) is 2.51. The summed E-state index contributed by atoms with van der Waals surface area (Å²) in [5, 5.41) is 0. The molecule has 0 saturated carbocycles. The smallest absolute Gasteiger partial charge is 0.214 e. The highest BCUT2D eigenvalue weighted by atomic mass is 32.2. The predicted molar refractivity (Wildman–Crippen MR) is 31.3 cm³/mol. The van der Waals surface area contributed by atoms with E-state index in [1.807, 2.05) is 0 Å². The van der Waals surface area contributed by atoms with Crippen molar-refractivity contribution in [3.63, 3.8) is 0 Å². The first-order chi connectivity index (χ1) is 5.11. The number of aromatic nitrogens is 1. The van der Waals surface area contributed by atoms with Crippen LogP contribution in [0.4, 0.5) is 8.78 Å². The zero-order chi connectivity index (χ0) is 8.43. The monoisotopic (exact) mass is 178 g/mol. The molecule has 1 aromatic heterocycles. The van der Waals surface area contributed by atoms with Crippen molar-refractivity contribution in [2.45, 2.75) is 4.90 Å². The molecule has 6 heteroatoms. The topological polar surface area (TPSA) is 53.0 Å². The minimum absolute atomic E-state index is 0.512. The van der Waals surface area contributed by atoms with Crippen molar-refractivity contribution in [2.24, 2.45) is 0 Å². The molecular weight excluding hydrogens is 176 g/mol. The summed E-state index contributed by atoms with van der Waals surface area (Å²) in [5.74, 6) is -2.08. The highest BCUT2D eigenvalue weighted by Crippen LogP contribution is 2.09. The molecule has 11 heavy (non-hydrogen) atoms. The molecule has 0 aliphatic carbocycles. The van der Waals surface area contributed by atoms with Crippen LogP contribution in [-0.4, -0.2) is 13.7 Å². The van der Waals surface area contributed by atoms with E-state index in [1.165, 1.54) is 0 Å². The van der Waals surface area contributed by atoms with E-state index in [2.05, 4.69) is 4.98 Å². The minimum Gasteiger partial charge on any atom is -0.768 e. The van der Waals surface area contributed by atoms with Crippen molar-refractivity contribution in [1.29, 1.82) is 0 Å². The third-order valence-corrected chi connectivity index (χ3v) is 1.64. The Hall–Kier alpha value is -0.880. The fourth-order valence-electron chi connectivity index (χ4n) is 0.524. The highest BCUT2D eigenvalue weighted by molar-refractivity contribution is 7.79. The van der Waals surface area contributed by atoms with Crippen molar-refractivity contribution in [3.05, 3.63) is 24.0 Å². The average Bonchev–Trinajstić information content (AvgIpc) is 1.94. The van der Waals surface area contributed by atoms with E-state index in [0.717, 1.165) is 0 Å². The second-order valence-corrected chi connectivity index (χ2v) is 2.58. The van der Waals surface area contributed by atoms with Crippen LogP contribution in [0.25, 0.3) is 0 Å². The summed E-state index contributed by atoms with van der Waals surface area (Å²) >= 11 is -2.76. The molecule has 0 radical (unpaired) electrons. The number of hydrogen-bond acceptors (Lipinski definition) is 3. The molecule has 0 amide bonds. The lowest BCUT2D eigenvalue weighted by atomic mass is 10.5. The Bertz CT molecular complexity index is 305. The summed E-state index contributed by atoms with van der Waals surface area (Å²) < 4.78 is 44.8. The molecule has 1 atom stereocenters. The summed E-state index contributed by atoms with van der Waals surface area (Å²) in [7, 11) is 0. The maximum absolute atomic E-state index is 12.4. The quantitative estimate of drug-likeness (QED) is 0.467. The lowest BCUT2D eigenvalue weighted by Gasteiger charge is -2.04. The number of nitrogens with zero attached hydrogens (tertiary/aromatic N) is 1. The van der Waals surface area contributed by atoms with Crippen LogP contribution in [0.5, 0.6) is 0 Å². The van der Waals surface area contributed by atoms with E-state index in [-0.39, 0.29) is 0 Å². The number of rotatable bonds is 1. The number of hydrogen-bond donors (Lipinski definition) is 0. The van der Waals surface area contributed by atoms with Gasteiger partial charge in [-0.2, -0.15) is 4.39 Å². The fraction of sp³-hybridized carbons (Fsp3) is 0. The van der Waals surface area contributed by atoms with Crippen LogP contribution >= 0.6 is 0 Å². The summed E-state index contributed by atoms with van der Waals surface area (Å²) in [5.41, 5.74) is 0. The zero-order valence-electron chi connectivity index (χ0n) is 5.08. The first kappa shape index (κ1) is 8.22. The van der Waals surface area contributed by atoms with E-state index in [4.69, 9.17) is 0 Å². The SMILES string of the molecule is O=S([O-])c1cc(F)ncc1F. The molecule has 1 unspecified atom stereocenters. The van der Waals surface area contributed by atoms with Crippen molar-refractivity contribution in [2.75, 3.05) is 0 Å². The molecule has 60 valence electrons. The average molecular weight is 178 g/mol. The van der Waals surface area contributed by atoms with Crippen molar-refractivity contribution >= 4 is 11.1 Å². The van der Waals surface area contributed by atoms with Gasteiger partial charge in [-0.1, -0.05) is 0 Å². The lowest BCUT2D eigenvalue weighted by Crippen LogP contribution is -1.96. The van der Waals surface area contributed by atoms with Crippen LogP contribution in [0.1, 0.15) is 0 Å². The van der Waals surface area contributed by atoms with Gasteiger partial charge in [-0.3, -0.25) is 4.21 Å². The van der Waals surface area contributed by atoms with Gasteiger partial charge >= 0.3 is 0 Å². The van der Waals surface area contributed by atoms with Gasteiger partial charge in [0, 0.05) is 6.07 Å². The van der Waals surface area contributed by atoms with Gasteiger partial charge in [0.15, 0.2) is 5.82 Å². The van der Waals surface area contributed by atoms with Crippen LogP contribution in [-0.2, 0) is 11.1 Å². The Labute approximate surface area is 63.4 Å². The Kier molecular flexibility index (Phi) is 2.25. The minimum atomic E-state index is -2.76. The molecule has 1 aromatic rings. The van der Waals surface area contributed by atoms with Gasteiger partial charge in [0.05, 0.1) is 11.1 Å². The van der Waals surface area contributed by atoms with Gasteiger partial charge in [0.2, 0.25) is 5.95 Å². The molecule has 0 aromatic carbocycles. The molecule has 0 N–H and O–H groups in total. The standard InChI is InChI=1S/C5H3F2NO2S/c6-3-2-8-5(7)1-4(3)11(9)10/h1-2H,(H,9,10)/p-1. The largest absolute Gasteiger partial charge is 0.768 e. The molecule has 0 spiro atoms. The van der Waals surface area contributed by atoms with Crippen LogP contribution < -0.4 is 0 Å². The molecule has 0 aliphatic rings. The Morgan fingerprint density at radius 3 is 2.64 bits per heavy atom. The molecule has 0 aliphatic heterocycles. The predicted octanol–water partition coefficient (Wildman–Crippen LogP) is 0.598. The van der Waals surface area contributed by atoms with Crippen LogP contribution in [0, 0.1) is 11.8 Å². The first-order valence-corrected chi connectivity index (χ1v) is 3.59. The third kappa shape index (κ3) is 1.78. The molecule has 3 nitrogen and oxygen atoms in total.